The summed E-state index contributed by atoms with van der Waals surface area (Å²) in [5.41, 5.74) is -1.87. The maximum Gasteiger partial charge on any atom is 0.313 e. The van der Waals surface area contributed by atoms with Crippen LogP contribution < -0.4 is 10.6 Å². The molecule has 3 N–H and O–H groups in total. The molecular formula is C15H20F2N2O3. The molecule has 1 rings (SSSR count). The van der Waals surface area contributed by atoms with E-state index >= 15 is 0 Å². The standard InChI is InChI=1S/C15H20F2N2O3/c1-4-9(2)15(3,22)8-18-13(20)14(21)19-12-10(16)6-5-7-11(12)17/h5-7,9,22H,4,8H2,1-3H3,(H,18,20)(H,19,21)/t9-,15+/m0/s1. The van der Waals surface area contributed by atoms with Gasteiger partial charge in [0.05, 0.1) is 5.60 Å². The topological polar surface area (TPSA) is 78.4 Å². The zero-order valence-corrected chi connectivity index (χ0v) is 12.7. The van der Waals surface area contributed by atoms with Crippen LogP contribution in [0.2, 0.25) is 0 Å². The van der Waals surface area contributed by atoms with Crippen molar-refractivity contribution in [2.75, 3.05) is 11.9 Å². The van der Waals surface area contributed by atoms with Crippen molar-refractivity contribution in [3.63, 3.8) is 0 Å². The number of hydrogen-bond acceptors (Lipinski definition) is 3. The predicted octanol–water partition coefficient (Wildman–Crippen LogP) is 1.82. The van der Waals surface area contributed by atoms with Crippen molar-refractivity contribution >= 4 is 17.5 Å². The van der Waals surface area contributed by atoms with Crippen LogP contribution in [0.3, 0.4) is 0 Å². The Morgan fingerprint density at radius 1 is 1.27 bits per heavy atom. The fourth-order valence-electron chi connectivity index (χ4n) is 1.74. The van der Waals surface area contributed by atoms with Crippen LogP contribution in [0.1, 0.15) is 27.2 Å². The summed E-state index contributed by atoms with van der Waals surface area (Å²) in [6, 6.07) is 3.07. The van der Waals surface area contributed by atoms with Gasteiger partial charge in [0, 0.05) is 6.54 Å². The largest absolute Gasteiger partial charge is 0.388 e. The Labute approximate surface area is 127 Å². The summed E-state index contributed by atoms with van der Waals surface area (Å²) in [6.07, 6.45) is 0.690. The molecule has 0 saturated heterocycles. The van der Waals surface area contributed by atoms with Crippen LogP contribution in [0.25, 0.3) is 0 Å². The van der Waals surface area contributed by atoms with Crippen molar-refractivity contribution in [3.05, 3.63) is 29.8 Å². The molecule has 7 heteroatoms. The molecule has 0 fully saturated rings. The first kappa shape index (κ1) is 18.0. The molecule has 0 radical (unpaired) electrons. The lowest BCUT2D eigenvalue weighted by atomic mass is 9.89. The van der Waals surface area contributed by atoms with E-state index < -0.39 is 34.7 Å². The second kappa shape index (κ2) is 7.31. The number of anilines is 1. The summed E-state index contributed by atoms with van der Waals surface area (Å²) in [7, 11) is 0. The zero-order valence-electron chi connectivity index (χ0n) is 12.7. The normalized spacial score (nSPS) is 14.8. The quantitative estimate of drug-likeness (QED) is 0.725. The first-order chi connectivity index (χ1) is 10.2. The van der Waals surface area contributed by atoms with Gasteiger partial charge in [-0.1, -0.05) is 26.3 Å². The Bertz CT molecular complexity index is 541. The van der Waals surface area contributed by atoms with Gasteiger partial charge < -0.3 is 15.7 Å². The lowest BCUT2D eigenvalue weighted by Gasteiger charge is -2.29. The highest BCUT2D eigenvalue weighted by atomic mass is 19.1. The first-order valence-electron chi connectivity index (χ1n) is 6.94. The Kier molecular flexibility index (Phi) is 5.99. The second-order valence-electron chi connectivity index (χ2n) is 5.40. The molecule has 0 heterocycles. The van der Waals surface area contributed by atoms with Crippen LogP contribution in [0.4, 0.5) is 14.5 Å². The number of carbonyl (C=O) groups excluding carboxylic acids is 2. The van der Waals surface area contributed by atoms with Gasteiger partial charge in [-0.05, 0) is 25.0 Å². The van der Waals surface area contributed by atoms with E-state index in [0.29, 0.717) is 6.42 Å². The molecule has 0 spiro atoms. The molecule has 0 aliphatic heterocycles. The van der Waals surface area contributed by atoms with Crippen molar-refractivity contribution in [1.82, 2.24) is 5.32 Å². The van der Waals surface area contributed by atoms with Crippen LogP contribution in [0.15, 0.2) is 18.2 Å². The Morgan fingerprint density at radius 3 is 2.32 bits per heavy atom. The van der Waals surface area contributed by atoms with Gasteiger partial charge in [0.15, 0.2) is 0 Å². The number of para-hydroxylation sites is 1. The summed E-state index contributed by atoms with van der Waals surface area (Å²) in [4.78, 5) is 23.3. The number of carbonyl (C=O) groups is 2. The molecule has 0 bridgehead atoms. The van der Waals surface area contributed by atoms with Crippen molar-refractivity contribution in [2.45, 2.75) is 32.8 Å². The van der Waals surface area contributed by atoms with Crippen molar-refractivity contribution in [2.24, 2.45) is 5.92 Å². The number of amides is 2. The summed E-state index contributed by atoms with van der Waals surface area (Å²) >= 11 is 0. The fraction of sp³-hybridized carbons (Fsp3) is 0.467. The van der Waals surface area contributed by atoms with E-state index in [1.54, 1.807) is 6.92 Å². The average Bonchev–Trinajstić information content (AvgIpc) is 2.47. The average molecular weight is 314 g/mol. The van der Waals surface area contributed by atoms with E-state index in [1.165, 1.54) is 6.92 Å². The molecule has 2 amide bonds. The van der Waals surface area contributed by atoms with Crippen LogP contribution in [0, 0.1) is 17.6 Å². The Hall–Kier alpha value is -2.02. The molecule has 0 unspecified atom stereocenters. The van der Waals surface area contributed by atoms with Crippen molar-refractivity contribution in [3.8, 4) is 0 Å². The molecule has 1 aromatic carbocycles. The van der Waals surface area contributed by atoms with E-state index in [0.717, 1.165) is 18.2 Å². The summed E-state index contributed by atoms with van der Waals surface area (Å²) in [6.45, 7) is 5.08. The monoisotopic (exact) mass is 314 g/mol. The molecule has 122 valence electrons. The molecule has 0 saturated carbocycles. The lowest BCUT2D eigenvalue weighted by Crippen LogP contribution is -2.47. The zero-order chi connectivity index (χ0) is 16.9. The van der Waals surface area contributed by atoms with E-state index in [2.05, 4.69) is 5.32 Å². The van der Waals surface area contributed by atoms with E-state index in [9.17, 15) is 23.5 Å². The minimum atomic E-state index is -1.20. The first-order valence-corrected chi connectivity index (χ1v) is 6.94. The van der Waals surface area contributed by atoms with Gasteiger partial charge in [-0.25, -0.2) is 8.78 Å². The minimum absolute atomic E-state index is 0.0973. The second-order valence-corrected chi connectivity index (χ2v) is 5.40. The maximum atomic E-state index is 13.4. The molecule has 1 aromatic rings. The van der Waals surface area contributed by atoms with Crippen LogP contribution in [-0.2, 0) is 9.59 Å². The molecule has 5 nitrogen and oxygen atoms in total. The van der Waals surface area contributed by atoms with Gasteiger partial charge in [0.25, 0.3) is 0 Å². The minimum Gasteiger partial charge on any atom is -0.388 e. The molecule has 0 aromatic heterocycles. The van der Waals surface area contributed by atoms with Gasteiger partial charge >= 0.3 is 11.8 Å². The van der Waals surface area contributed by atoms with Gasteiger partial charge in [-0.3, -0.25) is 9.59 Å². The molecule has 0 aliphatic carbocycles. The van der Waals surface area contributed by atoms with Gasteiger partial charge in [-0.15, -0.1) is 0 Å². The fourth-order valence-corrected chi connectivity index (χ4v) is 1.74. The number of hydrogen-bond donors (Lipinski definition) is 3. The molecular weight excluding hydrogens is 294 g/mol. The third kappa shape index (κ3) is 4.49. The van der Waals surface area contributed by atoms with Crippen LogP contribution >= 0.6 is 0 Å². The SMILES string of the molecule is CC[C@H](C)[C@](C)(O)CNC(=O)C(=O)Nc1c(F)cccc1F. The third-order valence-corrected chi connectivity index (χ3v) is 3.69. The predicted molar refractivity (Wildman–Crippen MR) is 78.1 cm³/mol. The number of aliphatic hydroxyl groups is 1. The van der Waals surface area contributed by atoms with E-state index in [1.807, 2.05) is 12.2 Å². The maximum absolute atomic E-state index is 13.4. The third-order valence-electron chi connectivity index (χ3n) is 3.69. The number of halogens is 2. The summed E-state index contributed by atoms with van der Waals surface area (Å²) < 4.78 is 26.7. The lowest BCUT2D eigenvalue weighted by molar-refractivity contribution is -0.137. The smallest absolute Gasteiger partial charge is 0.313 e. The van der Waals surface area contributed by atoms with E-state index in [-0.39, 0.29) is 12.5 Å². The van der Waals surface area contributed by atoms with Crippen molar-refractivity contribution < 1.29 is 23.5 Å². The summed E-state index contributed by atoms with van der Waals surface area (Å²) in [5, 5.41) is 14.3. The highest BCUT2D eigenvalue weighted by Crippen LogP contribution is 2.19. The van der Waals surface area contributed by atoms with Crippen LogP contribution in [0.5, 0.6) is 0 Å². The Balaban J connectivity index is 2.65. The van der Waals surface area contributed by atoms with Crippen molar-refractivity contribution in [1.29, 1.82) is 0 Å². The number of rotatable bonds is 5. The van der Waals surface area contributed by atoms with Crippen LogP contribution in [-0.4, -0.2) is 29.1 Å². The van der Waals surface area contributed by atoms with Gasteiger partial charge in [0.2, 0.25) is 0 Å². The molecule has 0 aliphatic rings. The Morgan fingerprint density at radius 2 is 1.82 bits per heavy atom. The highest BCUT2D eigenvalue weighted by molar-refractivity contribution is 6.39. The number of nitrogens with one attached hydrogen (secondary N) is 2. The summed E-state index contributed by atoms with van der Waals surface area (Å²) in [5.74, 6) is -4.34. The molecule has 2 atom stereocenters. The molecule has 22 heavy (non-hydrogen) atoms. The van der Waals surface area contributed by atoms with E-state index in [4.69, 9.17) is 0 Å². The highest BCUT2D eigenvalue weighted by Gasteiger charge is 2.28. The van der Waals surface area contributed by atoms with Gasteiger partial charge in [0.1, 0.15) is 17.3 Å². The number of benzene rings is 1. The van der Waals surface area contributed by atoms with Gasteiger partial charge in [-0.2, -0.15) is 0 Å².